The number of aromatic nitrogens is 2. The number of carbonyl (C=O) groups is 1. The molecule has 6 nitrogen and oxygen atoms in total. The minimum atomic E-state index is 0.0386. The van der Waals surface area contributed by atoms with Crippen molar-refractivity contribution < 1.29 is 9.32 Å². The number of amides is 1. The molecule has 0 spiro atoms. The fraction of sp³-hybridized carbons (Fsp3) is 0.357. The first kappa shape index (κ1) is 12.8. The summed E-state index contributed by atoms with van der Waals surface area (Å²) in [6.45, 7) is 1.01. The molecule has 1 aromatic heterocycles. The van der Waals surface area contributed by atoms with Crippen LogP contribution in [0.2, 0.25) is 0 Å². The van der Waals surface area contributed by atoms with Gasteiger partial charge in [0.2, 0.25) is 18.1 Å². The molecule has 2 aromatic rings. The van der Waals surface area contributed by atoms with Crippen LogP contribution in [0, 0.1) is 0 Å². The van der Waals surface area contributed by atoms with Crippen LogP contribution in [0.5, 0.6) is 0 Å². The van der Waals surface area contributed by atoms with Crippen molar-refractivity contribution in [2.45, 2.75) is 25.3 Å². The van der Waals surface area contributed by atoms with Crippen molar-refractivity contribution >= 4 is 11.6 Å². The summed E-state index contributed by atoms with van der Waals surface area (Å²) in [6, 6.07) is 7.70. The lowest BCUT2D eigenvalue weighted by atomic mass is 10.1. The summed E-state index contributed by atoms with van der Waals surface area (Å²) in [7, 11) is 0. The van der Waals surface area contributed by atoms with E-state index < -0.39 is 0 Å². The Balaban J connectivity index is 1.59. The number of anilines is 1. The van der Waals surface area contributed by atoms with Crippen LogP contribution in [0.4, 0.5) is 5.69 Å². The van der Waals surface area contributed by atoms with E-state index in [-0.39, 0.29) is 5.91 Å². The van der Waals surface area contributed by atoms with E-state index in [0.29, 0.717) is 18.3 Å². The second-order valence-corrected chi connectivity index (χ2v) is 4.88. The van der Waals surface area contributed by atoms with Crippen molar-refractivity contribution in [1.82, 2.24) is 15.5 Å². The fourth-order valence-electron chi connectivity index (χ4n) is 2.37. The standard InChI is InChI=1S/C14H16N4O2/c19-13(8-12-2-1-7-15-12)17-11-5-3-10(4-6-11)14-16-9-20-18-14/h3-6,9,12,15H,1-2,7-8H2,(H,17,19). The molecule has 2 heterocycles. The third-order valence-electron chi connectivity index (χ3n) is 3.38. The van der Waals surface area contributed by atoms with Gasteiger partial charge in [0.1, 0.15) is 0 Å². The maximum Gasteiger partial charge on any atom is 0.225 e. The lowest BCUT2D eigenvalue weighted by molar-refractivity contribution is -0.116. The highest BCUT2D eigenvalue weighted by molar-refractivity contribution is 5.91. The summed E-state index contributed by atoms with van der Waals surface area (Å²) in [5, 5.41) is 9.98. The van der Waals surface area contributed by atoms with E-state index >= 15 is 0 Å². The molecule has 3 rings (SSSR count). The number of benzene rings is 1. The molecule has 6 heteroatoms. The highest BCUT2D eigenvalue weighted by Crippen LogP contribution is 2.18. The topological polar surface area (TPSA) is 80.0 Å². The third-order valence-corrected chi connectivity index (χ3v) is 3.38. The smallest absolute Gasteiger partial charge is 0.225 e. The first-order valence-corrected chi connectivity index (χ1v) is 6.71. The first-order chi connectivity index (χ1) is 9.81. The molecule has 1 atom stereocenters. The average molecular weight is 272 g/mol. The van der Waals surface area contributed by atoms with E-state index in [1.807, 2.05) is 24.3 Å². The van der Waals surface area contributed by atoms with E-state index in [1.54, 1.807) is 0 Å². The van der Waals surface area contributed by atoms with Crippen LogP contribution in [0.1, 0.15) is 19.3 Å². The first-order valence-electron chi connectivity index (χ1n) is 6.71. The minimum Gasteiger partial charge on any atom is -0.342 e. The number of hydrogen-bond donors (Lipinski definition) is 2. The Kier molecular flexibility index (Phi) is 3.73. The van der Waals surface area contributed by atoms with Crippen LogP contribution in [0.25, 0.3) is 11.4 Å². The van der Waals surface area contributed by atoms with Crippen LogP contribution < -0.4 is 10.6 Å². The predicted octanol–water partition coefficient (Wildman–Crippen LogP) is 1.82. The Hall–Kier alpha value is -2.21. The highest BCUT2D eigenvalue weighted by Gasteiger charge is 2.17. The molecule has 1 aliphatic rings. The van der Waals surface area contributed by atoms with Gasteiger partial charge < -0.3 is 15.2 Å². The van der Waals surface area contributed by atoms with E-state index in [4.69, 9.17) is 4.52 Å². The molecule has 0 saturated carbocycles. The molecular weight excluding hydrogens is 256 g/mol. The largest absolute Gasteiger partial charge is 0.342 e. The van der Waals surface area contributed by atoms with Gasteiger partial charge in [-0.05, 0) is 43.7 Å². The Labute approximate surface area is 116 Å². The molecule has 20 heavy (non-hydrogen) atoms. The molecular formula is C14H16N4O2. The summed E-state index contributed by atoms with van der Waals surface area (Å²) in [5.74, 6) is 0.578. The zero-order valence-electron chi connectivity index (χ0n) is 11.0. The Morgan fingerprint density at radius 2 is 2.25 bits per heavy atom. The van der Waals surface area contributed by atoms with Gasteiger partial charge in [-0.3, -0.25) is 4.79 Å². The molecule has 1 amide bonds. The molecule has 1 unspecified atom stereocenters. The van der Waals surface area contributed by atoms with Gasteiger partial charge >= 0.3 is 0 Å². The normalized spacial score (nSPS) is 18.1. The average Bonchev–Trinajstić information content (AvgIpc) is 3.12. The van der Waals surface area contributed by atoms with Crippen molar-refractivity contribution in [3.8, 4) is 11.4 Å². The Morgan fingerprint density at radius 3 is 2.90 bits per heavy atom. The fourth-order valence-corrected chi connectivity index (χ4v) is 2.37. The Morgan fingerprint density at radius 1 is 1.40 bits per heavy atom. The minimum absolute atomic E-state index is 0.0386. The van der Waals surface area contributed by atoms with Gasteiger partial charge in [-0.15, -0.1) is 0 Å². The lowest BCUT2D eigenvalue weighted by Crippen LogP contribution is -2.27. The number of carbonyl (C=O) groups excluding carboxylic acids is 1. The van der Waals surface area contributed by atoms with E-state index in [9.17, 15) is 4.79 Å². The number of nitrogens with zero attached hydrogens (tertiary/aromatic N) is 2. The van der Waals surface area contributed by atoms with Crippen molar-refractivity contribution in [2.24, 2.45) is 0 Å². The van der Waals surface area contributed by atoms with Gasteiger partial charge in [0.15, 0.2) is 0 Å². The third kappa shape index (κ3) is 3.03. The zero-order chi connectivity index (χ0) is 13.8. The van der Waals surface area contributed by atoms with Gasteiger partial charge in [-0.25, -0.2) is 0 Å². The molecule has 1 aromatic carbocycles. The molecule has 1 aliphatic heterocycles. The zero-order valence-corrected chi connectivity index (χ0v) is 11.0. The Bertz CT molecular complexity index is 559. The van der Waals surface area contributed by atoms with Gasteiger partial charge in [-0.1, -0.05) is 5.16 Å². The monoisotopic (exact) mass is 272 g/mol. The number of hydrogen-bond acceptors (Lipinski definition) is 5. The molecule has 1 fully saturated rings. The summed E-state index contributed by atoms with van der Waals surface area (Å²) in [4.78, 5) is 15.9. The summed E-state index contributed by atoms with van der Waals surface area (Å²) >= 11 is 0. The molecule has 104 valence electrons. The lowest BCUT2D eigenvalue weighted by Gasteiger charge is -2.10. The predicted molar refractivity (Wildman–Crippen MR) is 74.0 cm³/mol. The van der Waals surface area contributed by atoms with E-state index in [1.165, 1.54) is 6.39 Å². The SMILES string of the molecule is O=C(CC1CCCN1)Nc1ccc(-c2ncon2)cc1. The molecule has 1 saturated heterocycles. The van der Waals surface area contributed by atoms with Crippen LogP contribution in [0.3, 0.4) is 0 Å². The van der Waals surface area contributed by atoms with Gasteiger partial charge in [0.05, 0.1) is 0 Å². The maximum atomic E-state index is 11.9. The molecule has 0 aliphatic carbocycles. The van der Waals surface area contributed by atoms with Crippen molar-refractivity contribution in [1.29, 1.82) is 0 Å². The van der Waals surface area contributed by atoms with Crippen LogP contribution >= 0.6 is 0 Å². The molecule has 0 radical (unpaired) electrons. The van der Waals surface area contributed by atoms with E-state index in [0.717, 1.165) is 30.6 Å². The quantitative estimate of drug-likeness (QED) is 0.887. The van der Waals surface area contributed by atoms with Crippen molar-refractivity contribution in [3.63, 3.8) is 0 Å². The second-order valence-electron chi connectivity index (χ2n) is 4.88. The summed E-state index contributed by atoms with van der Waals surface area (Å²) in [5.41, 5.74) is 1.63. The highest BCUT2D eigenvalue weighted by atomic mass is 16.5. The van der Waals surface area contributed by atoms with Crippen LogP contribution in [-0.2, 0) is 4.79 Å². The van der Waals surface area contributed by atoms with Crippen LogP contribution in [0.15, 0.2) is 35.2 Å². The van der Waals surface area contributed by atoms with Crippen molar-refractivity contribution in [2.75, 3.05) is 11.9 Å². The molecule has 2 N–H and O–H groups in total. The van der Waals surface area contributed by atoms with Gasteiger partial charge in [0, 0.05) is 23.7 Å². The number of nitrogens with one attached hydrogen (secondary N) is 2. The van der Waals surface area contributed by atoms with Gasteiger partial charge in [0.25, 0.3) is 0 Å². The molecule has 0 bridgehead atoms. The number of rotatable bonds is 4. The van der Waals surface area contributed by atoms with Gasteiger partial charge in [-0.2, -0.15) is 4.98 Å². The maximum absolute atomic E-state index is 11.9. The summed E-state index contributed by atoms with van der Waals surface area (Å²) in [6.07, 6.45) is 4.04. The van der Waals surface area contributed by atoms with Crippen molar-refractivity contribution in [3.05, 3.63) is 30.7 Å². The van der Waals surface area contributed by atoms with E-state index in [2.05, 4.69) is 20.8 Å². The summed E-state index contributed by atoms with van der Waals surface area (Å²) < 4.78 is 4.70. The second kappa shape index (κ2) is 5.83. The van der Waals surface area contributed by atoms with Crippen LogP contribution in [-0.4, -0.2) is 28.6 Å².